The highest BCUT2D eigenvalue weighted by Crippen LogP contribution is 2.19. The van der Waals surface area contributed by atoms with E-state index in [4.69, 9.17) is 5.14 Å². The first-order valence-electron chi connectivity index (χ1n) is 6.06. The molecule has 1 aromatic carbocycles. The Balaban J connectivity index is 1.98. The van der Waals surface area contributed by atoms with Gasteiger partial charge in [0.05, 0.1) is 10.9 Å². The van der Waals surface area contributed by atoms with Gasteiger partial charge in [0, 0.05) is 6.04 Å². The zero-order valence-corrected chi connectivity index (χ0v) is 11.4. The molecule has 1 fully saturated rings. The lowest BCUT2D eigenvalue weighted by Gasteiger charge is -2.15. The Morgan fingerprint density at radius 2 is 1.89 bits per heavy atom. The summed E-state index contributed by atoms with van der Waals surface area (Å²) in [7, 11) is -3.68. The second-order valence-electron chi connectivity index (χ2n) is 4.73. The summed E-state index contributed by atoms with van der Waals surface area (Å²) >= 11 is 0. The maximum Gasteiger partial charge on any atom is 0.315 e. The van der Waals surface area contributed by atoms with Gasteiger partial charge in [-0.2, -0.15) is 0 Å². The van der Waals surface area contributed by atoms with Gasteiger partial charge in [-0.25, -0.2) is 18.4 Å². The lowest BCUT2D eigenvalue weighted by Crippen LogP contribution is -2.38. The van der Waals surface area contributed by atoms with Gasteiger partial charge in [0.15, 0.2) is 0 Å². The number of urea groups is 1. The number of nitrogens with two attached hydrogens (primary N) is 1. The Morgan fingerprint density at radius 3 is 2.37 bits per heavy atom. The summed E-state index contributed by atoms with van der Waals surface area (Å²) in [5.41, 5.74) is 0.818. The molecule has 19 heavy (non-hydrogen) atoms. The molecule has 0 aliphatic heterocycles. The normalized spacial score (nSPS) is 16.7. The molecule has 1 aliphatic carbocycles. The Kier molecular flexibility index (Phi) is 3.77. The van der Waals surface area contributed by atoms with Crippen molar-refractivity contribution in [3.8, 4) is 0 Å². The molecular weight excluding hydrogens is 266 g/mol. The number of benzene rings is 1. The molecule has 0 saturated heterocycles. The molecule has 0 aromatic heterocycles. The average molecular weight is 283 g/mol. The Morgan fingerprint density at radius 1 is 1.32 bits per heavy atom. The number of rotatable bonds is 4. The van der Waals surface area contributed by atoms with E-state index in [0.29, 0.717) is 6.04 Å². The summed E-state index contributed by atoms with van der Waals surface area (Å²) in [5, 5.41) is 10.6. The molecule has 1 unspecified atom stereocenters. The van der Waals surface area contributed by atoms with Crippen molar-refractivity contribution in [2.24, 2.45) is 5.14 Å². The van der Waals surface area contributed by atoms with Gasteiger partial charge in [0.25, 0.3) is 0 Å². The monoisotopic (exact) mass is 283 g/mol. The van der Waals surface area contributed by atoms with Gasteiger partial charge in [0.1, 0.15) is 0 Å². The largest absolute Gasteiger partial charge is 0.335 e. The molecule has 2 amide bonds. The summed E-state index contributed by atoms with van der Waals surface area (Å²) in [4.78, 5) is 11.6. The molecular formula is C12H17N3O3S. The molecule has 0 heterocycles. The molecule has 6 nitrogen and oxygen atoms in total. The molecule has 1 aromatic rings. The molecule has 0 bridgehead atoms. The molecule has 0 radical (unpaired) electrons. The second-order valence-corrected chi connectivity index (χ2v) is 6.29. The third-order valence-electron chi connectivity index (χ3n) is 2.97. The number of nitrogens with one attached hydrogen (secondary N) is 2. The smallest absolute Gasteiger partial charge is 0.315 e. The van der Waals surface area contributed by atoms with Crippen molar-refractivity contribution >= 4 is 16.1 Å². The topological polar surface area (TPSA) is 101 Å². The first-order chi connectivity index (χ1) is 8.86. The summed E-state index contributed by atoms with van der Waals surface area (Å²) in [6, 6.07) is 6.04. The standard InChI is InChI=1S/C12H17N3O3S/c1-8(14-12(16)15-10-4-5-10)9-2-6-11(7-3-9)19(13,17)18/h2-3,6-8,10H,4-5H2,1H3,(H2,13,17,18)(H2,14,15,16). The summed E-state index contributed by atoms with van der Waals surface area (Å²) in [6.07, 6.45) is 2.07. The summed E-state index contributed by atoms with van der Waals surface area (Å²) in [6.45, 7) is 1.83. The van der Waals surface area contributed by atoms with E-state index >= 15 is 0 Å². The molecule has 4 N–H and O–H groups in total. The van der Waals surface area contributed by atoms with E-state index in [-0.39, 0.29) is 17.0 Å². The van der Waals surface area contributed by atoms with E-state index in [2.05, 4.69) is 10.6 Å². The van der Waals surface area contributed by atoms with Gasteiger partial charge in [-0.15, -0.1) is 0 Å². The van der Waals surface area contributed by atoms with E-state index in [1.165, 1.54) is 12.1 Å². The third kappa shape index (κ3) is 3.93. The van der Waals surface area contributed by atoms with E-state index in [1.54, 1.807) is 12.1 Å². The van der Waals surface area contributed by atoms with Crippen molar-refractivity contribution in [1.29, 1.82) is 0 Å². The summed E-state index contributed by atoms with van der Waals surface area (Å²) < 4.78 is 22.2. The van der Waals surface area contributed by atoms with Crippen molar-refractivity contribution in [3.63, 3.8) is 0 Å². The van der Waals surface area contributed by atoms with Crippen molar-refractivity contribution in [2.75, 3.05) is 0 Å². The Hall–Kier alpha value is -1.60. The van der Waals surface area contributed by atoms with Crippen molar-refractivity contribution in [3.05, 3.63) is 29.8 Å². The minimum absolute atomic E-state index is 0.0610. The van der Waals surface area contributed by atoms with E-state index in [0.717, 1.165) is 18.4 Å². The first kappa shape index (κ1) is 13.8. The predicted octanol–water partition coefficient (Wildman–Crippen LogP) is 0.857. The Labute approximate surface area is 112 Å². The number of sulfonamides is 1. The molecule has 0 spiro atoms. The van der Waals surface area contributed by atoms with E-state index < -0.39 is 10.0 Å². The van der Waals surface area contributed by atoms with Crippen LogP contribution in [0.1, 0.15) is 31.4 Å². The van der Waals surface area contributed by atoms with Crippen LogP contribution in [0.25, 0.3) is 0 Å². The number of amides is 2. The number of primary sulfonamides is 1. The fourth-order valence-corrected chi connectivity index (χ4v) is 2.20. The molecule has 7 heteroatoms. The van der Waals surface area contributed by atoms with Gasteiger partial charge in [0.2, 0.25) is 10.0 Å². The zero-order valence-electron chi connectivity index (χ0n) is 10.6. The van der Waals surface area contributed by atoms with Crippen LogP contribution < -0.4 is 15.8 Å². The number of carbonyl (C=O) groups excluding carboxylic acids is 1. The minimum Gasteiger partial charge on any atom is -0.335 e. The fourth-order valence-electron chi connectivity index (χ4n) is 1.68. The highest BCUT2D eigenvalue weighted by molar-refractivity contribution is 7.89. The van der Waals surface area contributed by atoms with Crippen LogP contribution in [0.5, 0.6) is 0 Å². The summed E-state index contributed by atoms with van der Waals surface area (Å²) in [5.74, 6) is 0. The van der Waals surface area contributed by atoms with E-state index in [9.17, 15) is 13.2 Å². The third-order valence-corrected chi connectivity index (χ3v) is 3.90. The van der Waals surface area contributed by atoms with Gasteiger partial charge >= 0.3 is 6.03 Å². The van der Waals surface area contributed by atoms with Gasteiger partial charge < -0.3 is 10.6 Å². The lowest BCUT2D eigenvalue weighted by molar-refractivity contribution is 0.237. The van der Waals surface area contributed by atoms with Gasteiger partial charge in [-0.1, -0.05) is 12.1 Å². The molecule has 2 rings (SSSR count). The van der Waals surface area contributed by atoms with Crippen LogP contribution in [0.3, 0.4) is 0 Å². The first-order valence-corrected chi connectivity index (χ1v) is 7.60. The number of hydrogen-bond acceptors (Lipinski definition) is 3. The maximum absolute atomic E-state index is 11.6. The SMILES string of the molecule is CC(NC(=O)NC1CC1)c1ccc(S(N)(=O)=O)cc1. The molecule has 1 aliphatic rings. The highest BCUT2D eigenvalue weighted by atomic mass is 32.2. The minimum atomic E-state index is -3.68. The number of carbonyl (C=O) groups is 1. The van der Waals surface area contributed by atoms with Gasteiger partial charge in [-0.3, -0.25) is 0 Å². The van der Waals surface area contributed by atoms with Crippen LogP contribution in [0.2, 0.25) is 0 Å². The van der Waals surface area contributed by atoms with Crippen molar-refractivity contribution < 1.29 is 13.2 Å². The highest BCUT2D eigenvalue weighted by Gasteiger charge is 2.23. The molecule has 1 atom stereocenters. The van der Waals surface area contributed by atoms with Crippen LogP contribution in [-0.4, -0.2) is 20.5 Å². The second kappa shape index (κ2) is 5.18. The van der Waals surface area contributed by atoms with Crippen LogP contribution in [0, 0.1) is 0 Å². The lowest BCUT2D eigenvalue weighted by atomic mass is 10.1. The average Bonchev–Trinajstić information content (AvgIpc) is 3.11. The zero-order chi connectivity index (χ0) is 14.0. The quantitative estimate of drug-likeness (QED) is 0.763. The van der Waals surface area contributed by atoms with Crippen LogP contribution in [0.15, 0.2) is 29.2 Å². The number of hydrogen-bond donors (Lipinski definition) is 3. The Bertz CT molecular complexity index is 564. The predicted molar refractivity (Wildman–Crippen MR) is 70.9 cm³/mol. The van der Waals surface area contributed by atoms with Crippen LogP contribution >= 0.6 is 0 Å². The maximum atomic E-state index is 11.6. The van der Waals surface area contributed by atoms with Gasteiger partial charge in [-0.05, 0) is 37.5 Å². The molecule has 1 saturated carbocycles. The van der Waals surface area contributed by atoms with Crippen LogP contribution in [0.4, 0.5) is 4.79 Å². The van der Waals surface area contributed by atoms with Crippen molar-refractivity contribution in [1.82, 2.24) is 10.6 Å². The van der Waals surface area contributed by atoms with E-state index in [1.807, 2.05) is 6.92 Å². The van der Waals surface area contributed by atoms with Crippen molar-refractivity contribution in [2.45, 2.75) is 36.7 Å². The van der Waals surface area contributed by atoms with Crippen LogP contribution in [-0.2, 0) is 10.0 Å². The molecule has 104 valence electrons. The fraction of sp³-hybridized carbons (Fsp3) is 0.417.